The van der Waals surface area contributed by atoms with E-state index in [1.807, 2.05) is 24.3 Å². The molecule has 0 spiro atoms. The zero-order valence-corrected chi connectivity index (χ0v) is 14.4. The maximum absolute atomic E-state index is 12.3. The lowest BCUT2D eigenvalue weighted by molar-refractivity contribution is 0.0412. The Morgan fingerprint density at radius 2 is 2.00 bits per heavy atom. The van der Waals surface area contributed by atoms with Gasteiger partial charge in [0.1, 0.15) is 6.10 Å². The summed E-state index contributed by atoms with van der Waals surface area (Å²) < 4.78 is 6.60. The average molecular weight is 388 g/mol. The highest BCUT2D eigenvalue weighted by Gasteiger charge is 2.18. The zero-order valence-electron chi connectivity index (χ0n) is 11.3. The lowest BCUT2D eigenvalue weighted by Crippen LogP contribution is -2.21. The Labute approximate surface area is 142 Å². The fraction of sp³-hybridized carbons (Fsp3) is 0.188. The van der Waals surface area contributed by atoms with E-state index in [4.69, 9.17) is 27.9 Å². The Kier molecular flexibility index (Phi) is 5.82. The van der Waals surface area contributed by atoms with Crippen LogP contribution >= 0.6 is 39.1 Å². The average Bonchev–Trinajstić information content (AvgIpc) is 2.44. The highest BCUT2D eigenvalue weighted by molar-refractivity contribution is 9.10. The van der Waals surface area contributed by atoms with Crippen molar-refractivity contribution >= 4 is 44.9 Å². The second kappa shape index (κ2) is 7.41. The number of hydrogen-bond acceptors (Lipinski definition) is 2. The molecule has 2 rings (SSSR count). The largest absolute Gasteiger partial charge is 0.366 e. The summed E-state index contributed by atoms with van der Waals surface area (Å²) in [6.45, 7) is 2.07. The summed E-state index contributed by atoms with van der Waals surface area (Å²) in [5, 5.41) is 0.838. The van der Waals surface area contributed by atoms with Gasteiger partial charge in [-0.3, -0.25) is 4.79 Å². The Hall–Kier alpha value is -0.870. The minimum absolute atomic E-state index is 0.160. The third-order valence-electron chi connectivity index (χ3n) is 2.95. The Balaban J connectivity index is 2.02. The summed E-state index contributed by atoms with van der Waals surface area (Å²) >= 11 is 15.3. The van der Waals surface area contributed by atoms with E-state index < -0.39 is 6.10 Å². The quantitative estimate of drug-likeness (QED) is 0.629. The van der Waals surface area contributed by atoms with Crippen LogP contribution in [0.2, 0.25) is 10.0 Å². The van der Waals surface area contributed by atoms with Gasteiger partial charge in [0.05, 0.1) is 11.6 Å². The molecular formula is C16H13BrCl2O2. The summed E-state index contributed by atoms with van der Waals surface area (Å²) in [4.78, 5) is 12.3. The number of Topliss-reactive ketones (excluding diaryl/α,β-unsaturated/α-hetero) is 1. The van der Waals surface area contributed by atoms with Crippen LogP contribution in [0.4, 0.5) is 0 Å². The van der Waals surface area contributed by atoms with Crippen LogP contribution in [0.15, 0.2) is 46.9 Å². The number of carbonyl (C=O) groups excluding carboxylic acids is 1. The molecule has 0 saturated carbocycles. The van der Waals surface area contributed by atoms with E-state index in [1.54, 1.807) is 25.1 Å². The second-order valence-electron chi connectivity index (χ2n) is 4.57. The molecule has 0 radical (unpaired) electrons. The maximum atomic E-state index is 12.3. The number of ketones is 1. The van der Waals surface area contributed by atoms with E-state index in [-0.39, 0.29) is 5.78 Å². The topological polar surface area (TPSA) is 26.3 Å². The van der Waals surface area contributed by atoms with Gasteiger partial charge in [-0.05, 0) is 42.8 Å². The van der Waals surface area contributed by atoms with Crippen molar-refractivity contribution < 1.29 is 9.53 Å². The molecule has 21 heavy (non-hydrogen) atoms. The van der Waals surface area contributed by atoms with Crippen LogP contribution in [0.1, 0.15) is 22.8 Å². The fourth-order valence-electron chi connectivity index (χ4n) is 1.83. The molecule has 5 heteroatoms. The molecule has 2 aromatic carbocycles. The monoisotopic (exact) mass is 386 g/mol. The zero-order chi connectivity index (χ0) is 15.4. The molecule has 0 aromatic heterocycles. The minimum atomic E-state index is -0.581. The number of carbonyl (C=O) groups is 1. The van der Waals surface area contributed by atoms with Crippen LogP contribution in [0.25, 0.3) is 0 Å². The van der Waals surface area contributed by atoms with Crippen LogP contribution in [0, 0.1) is 0 Å². The third-order valence-corrected chi connectivity index (χ3v) is 4.00. The molecule has 0 aliphatic rings. The van der Waals surface area contributed by atoms with Gasteiger partial charge in [-0.15, -0.1) is 0 Å². The highest BCUT2D eigenvalue weighted by Crippen LogP contribution is 2.23. The van der Waals surface area contributed by atoms with Crippen molar-refractivity contribution in [1.29, 1.82) is 0 Å². The lowest BCUT2D eigenvalue weighted by Gasteiger charge is -2.13. The van der Waals surface area contributed by atoms with Crippen LogP contribution < -0.4 is 0 Å². The lowest BCUT2D eigenvalue weighted by atomic mass is 10.1. The molecular weight excluding hydrogens is 375 g/mol. The van der Waals surface area contributed by atoms with E-state index in [2.05, 4.69) is 15.9 Å². The van der Waals surface area contributed by atoms with Crippen molar-refractivity contribution in [2.24, 2.45) is 0 Å². The van der Waals surface area contributed by atoms with E-state index >= 15 is 0 Å². The molecule has 2 nitrogen and oxygen atoms in total. The predicted octanol–water partition coefficient (Wildman–Crippen LogP) is 5.54. The van der Waals surface area contributed by atoms with E-state index in [9.17, 15) is 4.79 Å². The number of hydrogen-bond donors (Lipinski definition) is 0. The number of rotatable bonds is 5. The molecule has 0 saturated heterocycles. The van der Waals surface area contributed by atoms with Gasteiger partial charge in [-0.25, -0.2) is 0 Å². The molecule has 0 aliphatic carbocycles. The van der Waals surface area contributed by atoms with Gasteiger partial charge in [-0.1, -0.05) is 51.3 Å². The first-order chi connectivity index (χ1) is 9.97. The standard InChI is InChI=1S/C16H13BrCl2O2/c1-10(21-9-11-3-2-4-12(17)7-11)16(20)14-6-5-13(18)8-15(14)19/h2-8,10H,9H2,1H3. The van der Waals surface area contributed by atoms with E-state index in [0.717, 1.165) is 10.0 Å². The predicted molar refractivity (Wildman–Crippen MR) is 89.2 cm³/mol. The molecule has 110 valence electrons. The Morgan fingerprint density at radius 3 is 2.67 bits per heavy atom. The number of ether oxygens (including phenoxy) is 1. The van der Waals surface area contributed by atoms with Crippen LogP contribution in [0.5, 0.6) is 0 Å². The SMILES string of the molecule is CC(OCc1cccc(Br)c1)C(=O)c1ccc(Cl)cc1Cl. The summed E-state index contributed by atoms with van der Waals surface area (Å²) in [5.41, 5.74) is 1.41. The van der Waals surface area contributed by atoms with Gasteiger partial charge < -0.3 is 4.74 Å². The first-order valence-corrected chi connectivity index (χ1v) is 7.87. The van der Waals surface area contributed by atoms with Gasteiger partial charge in [0.25, 0.3) is 0 Å². The van der Waals surface area contributed by atoms with Gasteiger partial charge in [0.2, 0.25) is 0 Å². The van der Waals surface area contributed by atoms with Crippen molar-refractivity contribution in [3.8, 4) is 0 Å². The van der Waals surface area contributed by atoms with Gasteiger partial charge >= 0.3 is 0 Å². The van der Waals surface area contributed by atoms with Crippen molar-refractivity contribution in [2.75, 3.05) is 0 Å². The first-order valence-electron chi connectivity index (χ1n) is 6.32. The molecule has 0 bridgehead atoms. The molecule has 1 atom stereocenters. The van der Waals surface area contributed by atoms with Crippen molar-refractivity contribution in [2.45, 2.75) is 19.6 Å². The maximum Gasteiger partial charge on any atom is 0.192 e. The molecule has 0 N–H and O–H groups in total. The Morgan fingerprint density at radius 1 is 1.24 bits per heavy atom. The van der Waals surface area contributed by atoms with Gasteiger partial charge in [0, 0.05) is 15.1 Å². The first kappa shape index (κ1) is 16.5. The van der Waals surface area contributed by atoms with Gasteiger partial charge in [0.15, 0.2) is 5.78 Å². The fourth-order valence-corrected chi connectivity index (χ4v) is 2.78. The summed E-state index contributed by atoms with van der Waals surface area (Å²) in [5.74, 6) is -0.160. The van der Waals surface area contributed by atoms with Crippen LogP contribution in [-0.2, 0) is 11.3 Å². The molecule has 0 aliphatic heterocycles. The number of benzene rings is 2. The van der Waals surface area contributed by atoms with E-state index in [0.29, 0.717) is 22.2 Å². The van der Waals surface area contributed by atoms with Crippen molar-refractivity contribution in [1.82, 2.24) is 0 Å². The minimum Gasteiger partial charge on any atom is -0.366 e. The second-order valence-corrected chi connectivity index (χ2v) is 6.33. The highest BCUT2D eigenvalue weighted by atomic mass is 79.9. The van der Waals surface area contributed by atoms with Crippen LogP contribution in [0.3, 0.4) is 0 Å². The van der Waals surface area contributed by atoms with Crippen molar-refractivity contribution in [3.63, 3.8) is 0 Å². The molecule has 2 aromatic rings. The molecule has 0 fully saturated rings. The molecule has 0 heterocycles. The normalized spacial score (nSPS) is 12.2. The van der Waals surface area contributed by atoms with Crippen LogP contribution in [-0.4, -0.2) is 11.9 Å². The number of halogens is 3. The van der Waals surface area contributed by atoms with E-state index in [1.165, 1.54) is 0 Å². The van der Waals surface area contributed by atoms with Gasteiger partial charge in [-0.2, -0.15) is 0 Å². The smallest absolute Gasteiger partial charge is 0.192 e. The molecule has 1 unspecified atom stereocenters. The third kappa shape index (κ3) is 4.55. The van der Waals surface area contributed by atoms with Crippen molar-refractivity contribution in [3.05, 3.63) is 68.1 Å². The molecule has 0 amide bonds. The Bertz CT molecular complexity index is 658. The summed E-state index contributed by atoms with van der Waals surface area (Å²) in [6.07, 6.45) is -0.581. The summed E-state index contributed by atoms with van der Waals surface area (Å²) in [6, 6.07) is 12.6. The summed E-state index contributed by atoms with van der Waals surface area (Å²) in [7, 11) is 0.